The molecule has 1 aromatic carbocycles. The molecule has 0 bridgehead atoms. The Balaban J connectivity index is 1.39. The van der Waals surface area contributed by atoms with E-state index in [1.807, 2.05) is 26.1 Å². The van der Waals surface area contributed by atoms with Gasteiger partial charge in [-0.15, -0.1) is 0 Å². The number of likely N-dealkylation sites (N-methyl/N-ethyl adjacent to an activating group) is 1. The topological polar surface area (TPSA) is 88.7 Å². The molecule has 0 unspecified atom stereocenters. The zero-order valence-corrected chi connectivity index (χ0v) is 22.2. The first-order valence-electron chi connectivity index (χ1n) is 13.1. The fourth-order valence-electron chi connectivity index (χ4n) is 4.68. The SMILES string of the molecule is CCc1cc(N2CCN(C)CC2)ccc1Nc1ncc(C(F)(F)F)c(NCCCNC(=O)C2CN(C)C2)n1. The van der Waals surface area contributed by atoms with Gasteiger partial charge in [0.15, 0.2) is 0 Å². The molecule has 2 aromatic rings. The monoisotopic (exact) mass is 534 g/mol. The number of carbonyl (C=O) groups is 1. The predicted molar refractivity (Wildman–Crippen MR) is 143 cm³/mol. The summed E-state index contributed by atoms with van der Waals surface area (Å²) in [5.74, 6) is -0.221. The second-order valence-electron chi connectivity index (χ2n) is 10.1. The molecule has 0 atom stereocenters. The number of aromatic nitrogens is 2. The van der Waals surface area contributed by atoms with Gasteiger partial charge in [-0.05, 0) is 50.7 Å². The van der Waals surface area contributed by atoms with Crippen LogP contribution in [0.4, 0.5) is 36.3 Å². The summed E-state index contributed by atoms with van der Waals surface area (Å²) in [6.45, 7) is 8.00. The van der Waals surface area contributed by atoms with Crippen LogP contribution in [0.1, 0.15) is 24.5 Å². The number of benzene rings is 1. The number of nitrogens with zero attached hydrogens (tertiary/aromatic N) is 5. The molecule has 1 amide bonds. The van der Waals surface area contributed by atoms with Gasteiger partial charge in [0.1, 0.15) is 11.4 Å². The van der Waals surface area contributed by atoms with Crippen molar-refractivity contribution in [3.8, 4) is 0 Å². The molecule has 2 aliphatic rings. The zero-order valence-electron chi connectivity index (χ0n) is 22.2. The Morgan fingerprint density at radius 1 is 1.08 bits per heavy atom. The van der Waals surface area contributed by atoms with Crippen molar-refractivity contribution in [2.45, 2.75) is 25.9 Å². The highest BCUT2D eigenvalue weighted by Crippen LogP contribution is 2.34. The number of carbonyl (C=O) groups excluding carboxylic acids is 1. The first kappa shape index (κ1) is 27.9. The van der Waals surface area contributed by atoms with E-state index in [0.29, 0.717) is 13.0 Å². The van der Waals surface area contributed by atoms with E-state index in [-0.39, 0.29) is 30.1 Å². The number of hydrogen-bond donors (Lipinski definition) is 3. The number of hydrogen-bond acceptors (Lipinski definition) is 8. The summed E-state index contributed by atoms with van der Waals surface area (Å²) in [5.41, 5.74) is 2.01. The van der Waals surface area contributed by atoms with E-state index >= 15 is 0 Å². The van der Waals surface area contributed by atoms with Crippen molar-refractivity contribution in [3.05, 3.63) is 35.5 Å². The van der Waals surface area contributed by atoms with E-state index in [1.54, 1.807) is 0 Å². The van der Waals surface area contributed by atoms with E-state index < -0.39 is 11.7 Å². The van der Waals surface area contributed by atoms with Crippen molar-refractivity contribution in [1.82, 2.24) is 25.1 Å². The number of anilines is 4. The fraction of sp³-hybridized carbons (Fsp3) is 0.577. The maximum absolute atomic E-state index is 13.6. The third-order valence-electron chi connectivity index (χ3n) is 7.06. The van der Waals surface area contributed by atoms with Gasteiger partial charge in [0.25, 0.3) is 0 Å². The van der Waals surface area contributed by atoms with E-state index in [0.717, 1.165) is 68.8 Å². The van der Waals surface area contributed by atoms with Crippen LogP contribution in [-0.4, -0.2) is 92.1 Å². The van der Waals surface area contributed by atoms with Crippen LogP contribution < -0.4 is 20.9 Å². The Morgan fingerprint density at radius 3 is 2.47 bits per heavy atom. The maximum atomic E-state index is 13.6. The standard InChI is InChI=1S/C26H37F3N8O/c1-4-18-14-20(37-12-10-35(2)11-13-37)6-7-22(18)33-25-32-15-21(26(27,28)29)23(34-25)30-8-5-9-31-24(38)19-16-36(3)17-19/h6-7,14-15,19H,4-5,8-13,16-17H2,1-3H3,(H,31,38)(H2,30,32,33,34). The van der Waals surface area contributed by atoms with E-state index in [4.69, 9.17) is 0 Å². The van der Waals surface area contributed by atoms with E-state index in [2.05, 4.69) is 53.7 Å². The molecule has 4 rings (SSSR count). The average Bonchev–Trinajstić information content (AvgIpc) is 2.86. The highest BCUT2D eigenvalue weighted by Gasteiger charge is 2.35. The minimum absolute atomic E-state index is 0.0103. The van der Waals surface area contributed by atoms with Crippen LogP contribution in [0.5, 0.6) is 0 Å². The maximum Gasteiger partial charge on any atom is 0.421 e. The van der Waals surface area contributed by atoms with Crippen LogP contribution >= 0.6 is 0 Å². The van der Waals surface area contributed by atoms with E-state index in [1.165, 1.54) is 0 Å². The van der Waals surface area contributed by atoms with Crippen molar-refractivity contribution >= 4 is 29.0 Å². The second-order valence-corrected chi connectivity index (χ2v) is 10.1. The zero-order chi connectivity index (χ0) is 27.3. The van der Waals surface area contributed by atoms with Crippen molar-refractivity contribution in [3.63, 3.8) is 0 Å². The lowest BCUT2D eigenvalue weighted by Gasteiger charge is -2.34. The molecular formula is C26H37F3N8O. The van der Waals surface area contributed by atoms with Crippen LogP contribution in [0.2, 0.25) is 0 Å². The lowest BCUT2D eigenvalue weighted by Crippen LogP contribution is -2.51. The molecule has 3 N–H and O–H groups in total. The Kier molecular flexibility index (Phi) is 8.93. The first-order chi connectivity index (χ1) is 18.1. The van der Waals surface area contributed by atoms with Crippen molar-refractivity contribution < 1.29 is 18.0 Å². The summed E-state index contributed by atoms with van der Waals surface area (Å²) in [7, 11) is 4.06. The normalized spacial score (nSPS) is 17.3. The van der Waals surface area contributed by atoms with Crippen LogP contribution in [0.15, 0.2) is 24.4 Å². The van der Waals surface area contributed by atoms with Gasteiger partial charge in [-0.2, -0.15) is 18.2 Å². The van der Waals surface area contributed by atoms with Crippen LogP contribution in [0.3, 0.4) is 0 Å². The minimum atomic E-state index is -4.59. The number of halogens is 3. The second kappa shape index (κ2) is 12.2. The Morgan fingerprint density at radius 2 is 1.82 bits per heavy atom. The van der Waals surface area contributed by atoms with E-state index in [9.17, 15) is 18.0 Å². The van der Waals surface area contributed by atoms with Gasteiger partial charge in [0.2, 0.25) is 11.9 Å². The summed E-state index contributed by atoms with van der Waals surface area (Å²) in [6, 6.07) is 6.07. The van der Waals surface area contributed by atoms with Crippen molar-refractivity contribution in [2.24, 2.45) is 5.92 Å². The summed E-state index contributed by atoms with van der Waals surface area (Å²) in [5, 5.41) is 8.74. The summed E-state index contributed by atoms with van der Waals surface area (Å²) < 4.78 is 40.8. The Bertz CT molecular complexity index is 1100. The Labute approximate surface area is 221 Å². The largest absolute Gasteiger partial charge is 0.421 e. The van der Waals surface area contributed by atoms with Crippen molar-refractivity contribution in [1.29, 1.82) is 0 Å². The third-order valence-corrected chi connectivity index (χ3v) is 7.06. The first-order valence-corrected chi connectivity index (χ1v) is 13.1. The molecule has 0 saturated carbocycles. The highest BCUT2D eigenvalue weighted by molar-refractivity contribution is 5.80. The average molecular weight is 535 g/mol. The summed E-state index contributed by atoms with van der Waals surface area (Å²) >= 11 is 0. The molecule has 9 nitrogen and oxygen atoms in total. The number of nitrogens with one attached hydrogen (secondary N) is 3. The summed E-state index contributed by atoms with van der Waals surface area (Å²) in [4.78, 5) is 26.8. The number of aryl methyl sites for hydroxylation is 1. The smallest absolute Gasteiger partial charge is 0.369 e. The van der Waals surface area contributed by atoms with Gasteiger partial charge in [-0.1, -0.05) is 6.92 Å². The molecule has 0 spiro atoms. The minimum Gasteiger partial charge on any atom is -0.369 e. The van der Waals surface area contributed by atoms with Crippen LogP contribution in [-0.2, 0) is 17.4 Å². The van der Waals surface area contributed by atoms with Gasteiger partial charge >= 0.3 is 6.18 Å². The van der Waals surface area contributed by atoms with Gasteiger partial charge in [-0.25, -0.2) is 4.98 Å². The molecule has 2 saturated heterocycles. The number of amides is 1. The van der Waals surface area contributed by atoms with Gasteiger partial charge in [0, 0.05) is 69.9 Å². The van der Waals surface area contributed by atoms with Gasteiger partial charge < -0.3 is 30.7 Å². The molecular weight excluding hydrogens is 497 g/mol. The molecule has 1 aromatic heterocycles. The lowest BCUT2D eigenvalue weighted by molar-refractivity contribution is -0.137. The lowest BCUT2D eigenvalue weighted by atomic mass is 10.0. The molecule has 12 heteroatoms. The molecule has 2 aliphatic heterocycles. The van der Waals surface area contributed by atoms with Gasteiger partial charge in [0.05, 0.1) is 5.92 Å². The summed E-state index contributed by atoms with van der Waals surface area (Å²) in [6.07, 6.45) is -2.58. The fourth-order valence-corrected chi connectivity index (χ4v) is 4.68. The molecule has 0 aliphatic carbocycles. The molecule has 208 valence electrons. The quantitative estimate of drug-likeness (QED) is 0.401. The van der Waals surface area contributed by atoms with Crippen LogP contribution in [0.25, 0.3) is 0 Å². The third kappa shape index (κ3) is 7.04. The van der Waals surface area contributed by atoms with Gasteiger partial charge in [-0.3, -0.25) is 4.79 Å². The molecule has 38 heavy (non-hydrogen) atoms. The molecule has 3 heterocycles. The number of piperazine rings is 1. The van der Waals surface area contributed by atoms with Crippen LogP contribution in [0, 0.1) is 5.92 Å². The number of likely N-dealkylation sites (tertiary alicyclic amines) is 1. The molecule has 2 fully saturated rings. The predicted octanol–water partition coefficient (Wildman–Crippen LogP) is 3.03. The number of rotatable bonds is 10. The Hall–Kier alpha value is -3.12. The highest BCUT2D eigenvalue weighted by atomic mass is 19.4. The number of alkyl halides is 3. The van der Waals surface area contributed by atoms with Crippen molar-refractivity contribution in [2.75, 3.05) is 82.0 Å². The molecule has 0 radical (unpaired) electrons.